The first-order valence-corrected chi connectivity index (χ1v) is 9.10. The molecule has 3 aromatic rings. The van der Waals surface area contributed by atoms with Crippen molar-refractivity contribution < 1.29 is 4.74 Å². The predicted molar refractivity (Wildman–Crippen MR) is 106 cm³/mol. The molecule has 1 aromatic carbocycles. The zero-order valence-corrected chi connectivity index (χ0v) is 16.3. The van der Waals surface area contributed by atoms with Gasteiger partial charge >= 0.3 is 0 Å². The first kappa shape index (κ1) is 19.3. The number of aromatic nitrogens is 6. The van der Waals surface area contributed by atoms with Crippen molar-refractivity contribution in [2.75, 3.05) is 20.7 Å². The minimum Gasteiger partial charge on any atom is -0.497 e. The van der Waals surface area contributed by atoms with Crippen molar-refractivity contribution >= 4 is 5.96 Å². The lowest BCUT2D eigenvalue weighted by Crippen LogP contribution is -2.38. The van der Waals surface area contributed by atoms with Gasteiger partial charge in [-0.25, -0.2) is 4.98 Å². The van der Waals surface area contributed by atoms with Gasteiger partial charge in [0, 0.05) is 32.1 Å². The minimum atomic E-state index is 0.482. The number of methoxy groups -OCH3 is 1. The molecule has 28 heavy (non-hydrogen) atoms. The van der Waals surface area contributed by atoms with Crippen LogP contribution in [0, 0.1) is 0 Å². The smallest absolute Gasteiger partial charge is 0.191 e. The van der Waals surface area contributed by atoms with E-state index in [4.69, 9.17) is 4.74 Å². The molecule has 0 atom stereocenters. The van der Waals surface area contributed by atoms with E-state index in [9.17, 15) is 0 Å². The third kappa shape index (κ3) is 4.84. The highest BCUT2D eigenvalue weighted by Gasteiger charge is 2.07. The van der Waals surface area contributed by atoms with E-state index in [1.165, 1.54) is 0 Å². The molecule has 0 saturated heterocycles. The maximum atomic E-state index is 5.17. The van der Waals surface area contributed by atoms with Gasteiger partial charge in [0.15, 0.2) is 11.8 Å². The lowest BCUT2D eigenvalue weighted by molar-refractivity contribution is 0.415. The molecular formula is C18H25N9O. The molecule has 0 saturated carbocycles. The van der Waals surface area contributed by atoms with Crippen LogP contribution in [-0.4, -0.2) is 56.6 Å². The Bertz CT molecular complexity index is 898. The fourth-order valence-electron chi connectivity index (χ4n) is 2.67. The molecule has 0 aliphatic rings. The molecule has 0 amide bonds. The van der Waals surface area contributed by atoms with Crippen molar-refractivity contribution in [3.05, 3.63) is 42.2 Å². The quantitative estimate of drug-likeness (QED) is 0.392. The highest BCUT2D eigenvalue weighted by atomic mass is 16.5. The van der Waals surface area contributed by atoms with Gasteiger partial charge in [-0.3, -0.25) is 10.1 Å². The molecule has 2 heterocycles. The van der Waals surface area contributed by atoms with E-state index in [1.54, 1.807) is 20.5 Å². The average molecular weight is 383 g/mol. The van der Waals surface area contributed by atoms with Crippen molar-refractivity contribution in [2.45, 2.75) is 26.4 Å². The van der Waals surface area contributed by atoms with Crippen LogP contribution in [0.15, 0.2) is 35.6 Å². The minimum absolute atomic E-state index is 0.482. The van der Waals surface area contributed by atoms with Gasteiger partial charge in [-0.15, -0.1) is 10.2 Å². The molecule has 2 aromatic heterocycles. The number of nitrogens with zero attached hydrogens (tertiary/aromatic N) is 6. The first-order valence-electron chi connectivity index (χ1n) is 9.10. The van der Waals surface area contributed by atoms with E-state index >= 15 is 0 Å². The summed E-state index contributed by atoms with van der Waals surface area (Å²) in [7, 11) is 3.37. The van der Waals surface area contributed by atoms with Crippen LogP contribution in [-0.2, 0) is 19.5 Å². The molecule has 10 nitrogen and oxygen atoms in total. The van der Waals surface area contributed by atoms with E-state index in [0.717, 1.165) is 35.9 Å². The Labute approximate surface area is 163 Å². The lowest BCUT2D eigenvalue weighted by Gasteiger charge is -2.11. The molecule has 0 aliphatic heterocycles. The molecule has 148 valence electrons. The fraction of sp³-hybridized carbons (Fsp3) is 0.389. The number of hydrogen-bond donors (Lipinski definition) is 3. The molecule has 0 bridgehead atoms. The monoisotopic (exact) mass is 383 g/mol. The Kier molecular flexibility index (Phi) is 6.55. The first-order chi connectivity index (χ1) is 13.7. The van der Waals surface area contributed by atoms with Crippen molar-refractivity contribution in [2.24, 2.45) is 4.99 Å². The summed E-state index contributed by atoms with van der Waals surface area (Å²) in [5, 5.41) is 21.7. The lowest BCUT2D eigenvalue weighted by atomic mass is 10.2. The third-order valence-corrected chi connectivity index (χ3v) is 4.18. The van der Waals surface area contributed by atoms with Gasteiger partial charge in [-0.1, -0.05) is 6.92 Å². The maximum Gasteiger partial charge on any atom is 0.191 e. The highest BCUT2D eigenvalue weighted by Crippen LogP contribution is 2.18. The van der Waals surface area contributed by atoms with E-state index < -0.39 is 0 Å². The molecule has 10 heteroatoms. The van der Waals surface area contributed by atoms with Gasteiger partial charge in [0.05, 0.1) is 13.7 Å². The van der Waals surface area contributed by atoms with E-state index in [2.05, 4.69) is 47.9 Å². The molecular weight excluding hydrogens is 358 g/mol. The topological polar surface area (TPSA) is 118 Å². The molecule has 0 unspecified atom stereocenters. The van der Waals surface area contributed by atoms with Crippen LogP contribution in [0.2, 0.25) is 0 Å². The second-order valence-corrected chi connectivity index (χ2v) is 5.98. The second kappa shape index (κ2) is 9.49. The molecule has 0 spiro atoms. The Morgan fingerprint density at radius 3 is 2.79 bits per heavy atom. The summed E-state index contributed by atoms with van der Waals surface area (Å²) in [6, 6.07) is 7.62. The van der Waals surface area contributed by atoms with Gasteiger partial charge in [-0.05, 0) is 24.3 Å². The van der Waals surface area contributed by atoms with Crippen LogP contribution >= 0.6 is 0 Å². The number of hydrogen-bond acceptors (Lipinski definition) is 6. The molecule has 3 rings (SSSR count). The van der Waals surface area contributed by atoms with E-state index in [1.807, 2.05) is 28.8 Å². The molecule has 0 fully saturated rings. The zero-order chi connectivity index (χ0) is 19.8. The summed E-state index contributed by atoms with van der Waals surface area (Å²) in [6.45, 7) is 4.01. The number of H-pyrrole nitrogens is 1. The number of rotatable bonds is 8. The van der Waals surface area contributed by atoms with Gasteiger partial charge in [-0.2, -0.15) is 5.10 Å². The predicted octanol–water partition coefficient (Wildman–Crippen LogP) is 0.999. The van der Waals surface area contributed by atoms with E-state index in [0.29, 0.717) is 24.9 Å². The SMILES string of the molecule is CCc1nncn1CCNC(=NC)NCc1nc(-c2ccc(OC)cc2)n[nH]1. The number of aromatic amines is 1. The Hall–Kier alpha value is -3.43. The number of nitrogens with one attached hydrogen (secondary N) is 3. The summed E-state index contributed by atoms with van der Waals surface area (Å²) < 4.78 is 7.19. The normalized spacial score (nSPS) is 11.5. The summed E-state index contributed by atoms with van der Waals surface area (Å²) in [5.74, 6) is 3.82. The van der Waals surface area contributed by atoms with Gasteiger partial charge in [0.1, 0.15) is 23.7 Å². The van der Waals surface area contributed by atoms with Gasteiger partial charge in [0.2, 0.25) is 0 Å². The standard InChI is InChI=1S/C18H25N9O/c1-4-16-25-22-12-27(16)10-9-20-18(19-2)21-11-15-23-17(26-24-15)13-5-7-14(28-3)8-6-13/h5-8,12H,4,9-11H2,1-3H3,(H2,19,20,21)(H,23,24,26). The summed E-state index contributed by atoms with van der Waals surface area (Å²) >= 11 is 0. The van der Waals surface area contributed by atoms with Crippen LogP contribution in [0.4, 0.5) is 0 Å². The van der Waals surface area contributed by atoms with Gasteiger partial charge < -0.3 is 19.9 Å². The summed E-state index contributed by atoms with van der Waals surface area (Å²) in [4.78, 5) is 8.74. The van der Waals surface area contributed by atoms with Crippen LogP contribution < -0.4 is 15.4 Å². The largest absolute Gasteiger partial charge is 0.497 e. The summed E-state index contributed by atoms with van der Waals surface area (Å²) in [5.41, 5.74) is 0.923. The molecule has 0 aliphatic carbocycles. The summed E-state index contributed by atoms with van der Waals surface area (Å²) in [6.07, 6.45) is 2.60. The number of ether oxygens (including phenoxy) is 1. The maximum absolute atomic E-state index is 5.17. The van der Waals surface area contributed by atoms with Crippen molar-refractivity contribution in [3.8, 4) is 17.1 Å². The third-order valence-electron chi connectivity index (χ3n) is 4.18. The highest BCUT2D eigenvalue weighted by molar-refractivity contribution is 5.79. The van der Waals surface area contributed by atoms with Crippen LogP contribution in [0.25, 0.3) is 11.4 Å². The second-order valence-electron chi connectivity index (χ2n) is 5.98. The molecule has 0 radical (unpaired) electrons. The number of guanidine groups is 1. The zero-order valence-electron chi connectivity index (χ0n) is 16.3. The average Bonchev–Trinajstić information content (AvgIpc) is 3.40. The van der Waals surface area contributed by atoms with Crippen molar-refractivity contribution in [3.63, 3.8) is 0 Å². The number of benzene rings is 1. The number of aryl methyl sites for hydroxylation is 1. The van der Waals surface area contributed by atoms with Crippen LogP contribution in [0.3, 0.4) is 0 Å². The van der Waals surface area contributed by atoms with E-state index in [-0.39, 0.29) is 0 Å². The number of aliphatic imine (C=N–C) groups is 1. The van der Waals surface area contributed by atoms with Crippen LogP contribution in [0.5, 0.6) is 5.75 Å². The Morgan fingerprint density at radius 2 is 2.07 bits per heavy atom. The molecule has 3 N–H and O–H groups in total. The Morgan fingerprint density at radius 1 is 1.25 bits per heavy atom. The van der Waals surface area contributed by atoms with Crippen molar-refractivity contribution in [1.82, 2.24) is 40.6 Å². The Balaban J connectivity index is 1.49. The van der Waals surface area contributed by atoms with Crippen molar-refractivity contribution in [1.29, 1.82) is 0 Å². The van der Waals surface area contributed by atoms with Crippen LogP contribution in [0.1, 0.15) is 18.6 Å². The van der Waals surface area contributed by atoms with Gasteiger partial charge in [0.25, 0.3) is 0 Å². The fourth-order valence-corrected chi connectivity index (χ4v) is 2.67.